The number of aliphatic carboxylic acids is 1. The van der Waals surface area contributed by atoms with Crippen molar-refractivity contribution in [1.82, 2.24) is 0 Å². The predicted molar refractivity (Wildman–Crippen MR) is 62.2 cm³/mol. The average Bonchev–Trinajstić information content (AvgIpc) is 2.20. The number of hydrogen-bond acceptors (Lipinski definition) is 3. The van der Waals surface area contributed by atoms with Crippen LogP contribution in [0, 0.1) is 5.92 Å². The molecule has 0 aromatic carbocycles. The van der Waals surface area contributed by atoms with Gasteiger partial charge in [-0.3, -0.25) is 4.79 Å². The lowest BCUT2D eigenvalue weighted by Crippen LogP contribution is -2.46. The molecule has 0 radical (unpaired) electrons. The van der Waals surface area contributed by atoms with Gasteiger partial charge < -0.3 is 15.6 Å². The second-order valence-electron chi connectivity index (χ2n) is 5.23. The van der Waals surface area contributed by atoms with Gasteiger partial charge in [0.05, 0.1) is 6.10 Å². The lowest BCUT2D eigenvalue weighted by molar-refractivity contribution is -0.143. The molecule has 1 aliphatic carbocycles. The summed E-state index contributed by atoms with van der Waals surface area (Å²) < 4.78 is 5.67. The average molecular weight is 229 g/mol. The van der Waals surface area contributed by atoms with E-state index in [9.17, 15) is 4.79 Å². The number of nitrogens with two attached hydrogens (primary N) is 1. The maximum absolute atomic E-state index is 10.8. The molecule has 16 heavy (non-hydrogen) atoms. The van der Waals surface area contributed by atoms with E-state index in [4.69, 9.17) is 15.6 Å². The summed E-state index contributed by atoms with van der Waals surface area (Å²) in [5, 5.41) is 8.83. The maximum Gasteiger partial charge on any atom is 0.323 e. The molecule has 0 amide bonds. The summed E-state index contributed by atoms with van der Waals surface area (Å²) in [6.45, 7) is 4.23. The van der Waals surface area contributed by atoms with Crippen LogP contribution in [-0.2, 0) is 9.53 Å². The Hall–Kier alpha value is -0.610. The molecule has 4 heteroatoms. The third-order valence-corrected chi connectivity index (χ3v) is 3.43. The first-order valence-electron chi connectivity index (χ1n) is 6.05. The highest BCUT2D eigenvalue weighted by Crippen LogP contribution is 2.25. The summed E-state index contributed by atoms with van der Waals surface area (Å²) in [5.41, 5.74) is 4.45. The maximum atomic E-state index is 10.8. The molecule has 94 valence electrons. The fourth-order valence-corrected chi connectivity index (χ4v) is 1.94. The van der Waals surface area contributed by atoms with Gasteiger partial charge in [0.15, 0.2) is 0 Å². The van der Waals surface area contributed by atoms with E-state index in [0.717, 1.165) is 18.8 Å². The summed E-state index contributed by atoms with van der Waals surface area (Å²) in [6, 6.07) is 0. The SMILES string of the molecule is CC1CCC(OCCC(C)(N)C(=O)O)CC1. The molecule has 1 fully saturated rings. The van der Waals surface area contributed by atoms with Crippen LogP contribution >= 0.6 is 0 Å². The van der Waals surface area contributed by atoms with Gasteiger partial charge in [-0.05, 0) is 44.9 Å². The highest BCUT2D eigenvalue weighted by Gasteiger charge is 2.28. The van der Waals surface area contributed by atoms with E-state index in [2.05, 4.69) is 6.92 Å². The summed E-state index contributed by atoms with van der Waals surface area (Å²) in [7, 11) is 0. The molecular weight excluding hydrogens is 206 g/mol. The highest BCUT2D eigenvalue weighted by molar-refractivity contribution is 5.77. The Balaban J connectivity index is 2.18. The molecule has 0 saturated heterocycles. The van der Waals surface area contributed by atoms with Crippen LogP contribution in [0.2, 0.25) is 0 Å². The van der Waals surface area contributed by atoms with Crippen molar-refractivity contribution < 1.29 is 14.6 Å². The number of rotatable bonds is 5. The Kier molecular flexibility index (Phi) is 4.74. The normalized spacial score (nSPS) is 29.7. The smallest absolute Gasteiger partial charge is 0.323 e. The molecule has 0 bridgehead atoms. The first kappa shape index (κ1) is 13.5. The topological polar surface area (TPSA) is 72.5 Å². The second-order valence-corrected chi connectivity index (χ2v) is 5.23. The van der Waals surface area contributed by atoms with Gasteiger partial charge in [-0.2, -0.15) is 0 Å². The largest absolute Gasteiger partial charge is 0.480 e. The number of hydrogen-bond donors (Lipinski definition) is 2. The van der Waals surface area contributed by atoms with Crippen LogP contribution in [0.4, 0.5) is 0 Å². The van der Waals surface area contributed by atoms with Gasteiger partial charge in [-0.1, -0.05) is 6.92 Å². The Bertz CT molecular complexity index is 232. The molecule has 1 saturated carbocycles. The van der Waals surface area contributed by atoms with Crippen molar-refractivity contribution in [2.24, 2.45) is 11.7 Å². The monoisotopic (exact) mass is 229 g/mol. The summed E-state index contributed by atoms with van der Waals surface area (Å²) in [5.74, 6) is -0.160. The summed E-state index contributed by atoms with van der Waals surface area (Å²) >= 11 is 0. The fraction of sp³-hybridized carbons (Fsp3) is 0.917. The zero-order chi connectivity index (χ0) is 12.2. The van der Waals surface area contributed by atoms with Crippen molar-refractivity contribution >= 4 is 5.97 Å². The van der Waals surface area contributed by atoms with Crippen molar-refractivity contribution in [3.05, 3.63) is 0 Å². The van der Waals surface area contributed by atoms with Crippen LogP contribution in [0.5, 0.6) is 0 Å². The minimum Gasteiger partial charge on any atom is -0.480 e. The molecule has 0 heterocycles. The van der Waals surface area contributed by atoms with Gasteiger partial charge >= 0.3 is 5.97 Å². The van der Waals surface area contributed by atoms with E-state index in [0.29, 0.717) is 19.1 Å². The Morgan fingerprint density at radius 1 is 1.44 bits per heavy atom. The zero-order valence-corrected chi connectivity index (χ0v) is 10.2. The predicted octanol–water partition coefficient (Wildman–Crippen LogP) is 1.77. The van der Waals surface area contributed by atoms with E-state index in [-0.39, 0.29) is 0 Å². The third kappa shape index (κ3) is 4.10. The Labute approximate surface area is 97.2 Å². The van der Waals surface area contributed by atoms with Gasteiger partial charge in [0.25, 0.3) is 0 Å². The van der Waals surface area contributed by atoms with Gasteiger partial charge in [0.1, 0.15) is 5.54 Å². The molecule has 1 atom stereocenters. The van der Waals surface area contributed by atoms with Crippen LogP contribution in [0.3, 0.4) is 0 Å². The van der Waals surface area contributed by atoms with Crippen LogP contribution in [-0.4, -0.2) is 29.3 Å². The molecule has 3 N–H and O–H groups in total. The molecule has 0 aromatic rings. The molecule has 0 spiro atoms. The summed E-state index contributed by atoms with van der Waals surface area (Å²) in [4.78, 5) is 10.8. The third-order valence-electron chi connectivity index (χ3n) is 3.43. The van der Waals surface area contributed by atoms with Crippen LogP contribution in [0.15, 0.2) is 0 Å². The first-order chi connectivity index (χ1) is 7.42. The number of carboxylic acid groups (broad SMARTS) is 1. The van der Waals surface area contributed by atoms with Crippen LogP contribution in [0.1, 0.15) is 46.0 Å². The van der Waals surface area contributed by atoms with E-state index in [1.807, 2.05) is 0 Å². The number of carboxylic acids is 1. The standard InChI is InChI=1S/C12H23NO3/c1-9-3-5-10(6-4-9)16-8-7-12(2,13)11(14)15/h9-10H,3-8,13H2,1-2H3,(H,14,15). The first-order valence-corrected chi connectivity index (χ1v) is 6.05. The molecule has 1 aliphatic rings. The van der Waals surface area contributed by atoms with Crippen molar-refractivity contribution in [2.75, 3.05) is 6.61 Å². The molecule has 0 aromatic heterocycles. The van der Waals surface area contributed by atoms with Crippen LogP contribution in [0.25, 0.3) is 0 Å². The molecule has 1 unspecified atom stereocenters. The fourth-order valence-electron chi connectivity index (χ4n) is 1.94. The van der Waals surface area contributed by atoms with Gasteiger partial charge in [0.2, 0.25) is 0 Å². The quantitative estimate of drug-likeness (QED) is 0.753. The second kappa shape index (κ2) is 5.64. The Morgan fingerprint density at radius 3 is 2.50 bits per heavy atom. The lowest BCUT2D eigenvalue weighted by atomic mass is 9.89. The van der Waals surface area contributed by atoms with Crippen LogP contribution < -0.4 is 5.73 Å². The highest BCUT2D eigenvalue weighted by atomic mass is 16.5. The lowest BCUT2D eigenvalue weighted by Gasteiger charge is -2.27. The number of carbonyl (C=O) groups is 1. The van der Waals surface area contributed by atoms with Gasteiger partial charge in [0, 0.05) is 6.61 Å². The van der Waals surface area contributed by atoms with Crippen molar-refractivity contribution in [3.63, 3.8) is 0 Å². The van der Waals surface area contributed by atoms with Crippen molar-refractivity contribution in [3.8, 4) is 0 Å². The van der Waals surface area contributed by atoms with Crippen molar-refractivity contribution in [2.45, 2.75) is 57.6 Å². The van der Waals surface area contributed by atoms with Gasteiger partial charge in [-0.15, -0.1) is 0 Å². The molecule has 4 nitrogen and oxygen atoms in total. The Morgan fingerprint density at radius 2 is 2.00 bits per heavy atom. The minimum atomic E-state index is -1.16. The van der Waals surface area contributed by atoms with E-state index in [1.165, 1.54) is 19.8 Å². The van der Waals surface area contributed by atoms with E-state index >= 15 is 0 Å². The minimum absolute atomic E-state index is 0.306. The zero-order valence-electron chi connectivity index (χ0n) is 10.2. The number of ether oxygens (including phenoxy) is 1. The summed E-state index contributed by atoms with van der Waals surface area (Å²) in [6.07, 6.45) is 5.28. The van der Waals surface area contributed by atoms with Crippen molar-refractivity contribution in [1.29, 1.82) is 0 Å². The molecule has 0 aliphatic heterocycles. The van der Waals surface area contributed by atoms with Gasteiger partial charge in [-0.25, -0.2) is 0 Å². The van der Waals surface area contributed by atoms with E-state index < -0.39 is 11.5 Å². The van der Waals surface area contributed by atoms with E-state index in [1.54, 1.807) is 0 Å². The molecular formula is C12H23NO3. The molecule has 1 rings (SSSR count).